The lowest BCUT2D eigenvalue weighted by molar-refractivity contribution is -0.119. The van der Waals surface area contributed by atoms with Crippen molar-refractivity contribution < 1.29 is 19.4 Å². The van der Waals surface area contributed by atoms with Crippen molar-refractivity contribution in [2.45, 2.75) is 26.1 Å². The summed E-state index contributed by atoms with van der Waals surface area (Å²) in [6, 6.07) is 3.99. The second-order valence-electron chi connectivity index (χ2n) is 3.95. The number of aliphatic hydroxyl groups is 2. The minimum atomic E-state index is -1.22. The number of amides is 1. The zero-order valence-electron chi connectivity index (χ0n) is 9.77. The topological polar surface area (TPSA) is 69.6 Å². The summed E-state index contributed by atoms with van der Waals surface area (Å²) in [5.41, 5.74) is 1.00. The van der Waals surface area contributed by atoms with E-state index in [-0.39, 0.29) is 12.5 Å². The van der Waals surface area contributed by atoms with Crippen LogP contribution >= 0.6 is 0 Å². The molecule has 0 bridgehead atoms. The summed E-state index contributed by atoms with van der Waals surface area (Å²) in [5, 5.41) is 21.9. The van der Waals surface area contributed by atoms with E-state index in [1.165, 1.54) is 25.1 Å². The summed E-state index contributed by atoms with van der Waals surface area (Å²) in [5.74, 6) is -0.774. The summed E-state index contributed by atoms with van der Waals surface area (Å²) >= 11 is 0. The second kappa shape index (κ2) is 5.75. The lowest BCUT2D eigenvalue weighted by Crippen LogP contribution is -2.34. The maximum Gasteiger partial charge on any atom is 0.216 e. The normalized spacial score (nSPS) is 14.2. The summed E-state index contributed by atoms with van der Waals surface area (Å²) in [4.78, 5) is 10.7. The molecule has 0 saturated carbocycles. The van der Waals surface area contributed by atoms with Gasteiger partial charge in [0, 0.05) is 13.5 Å². The molecule has 0 fully saturated rings. The van der Waals surface area contributed by atoms with Crippen molar-refractivity contribution in [2.75, 3.05) is 6.54 Å². The van der Waals surface area contributed by atoms with Crippen molar-refractivity contribution in [3.63, 3.8) is 0 Å². The average molecular weight is 241 g/mol. The molecule has 0 spiro atoms. The Bertz CT molecular complexity index is 409. The van der Waals surface area contributed by atoms with Gasteiger partial charge in [-0.2, -0.15) is 0 Å². The molecule has 1 amide bonds. The molecular weight excluding hydrogens is 225 g/mol. The molecule has 2 atom stereocenters. The van der Waals surface area contributed by atoms with E-state index in [1.54, 1.807) is 6.92 Å². The molecule has 17 heavy (non-hydrogen) atoms. The van der Waals surface area contributed by atoms with Crippen LogP contribution in [0.25, 0.3) is 0 Å². The monoisotopic (exact) mass is 241 g/mol. The molecule has 1 aromatic rings. The predicted molar refractivity (Wildman–Crippen MR) is 60.8 cm³/mol. The van der Waals surface area contributed by atoms with E-state index in [2.05, 4.69) is 5.32 Å². The summed E-state index contributed by atoms with van der Waals surface area (Å²) in [6.45, 7) is 2.95. The first-order valence-corrected chi connectivity index (χ1v) is 5.28. The number of halogens is 1. The van der Waals surface area contributed by atoms with Crippen molar-refractivity contribution in [2.24, 2.45) is 0 Å². The molecule has 0 aromatic heterocycles. The largest absolute Gasteiger partial charge is 0.388 e. The summed E-state index contributed by atoms with van der Waals surface area (Å²) < 4.78 is 13.0. The van der Waals surface area contributed by atoms with E-state index < -0.39 is 18.0 Å². The SMILES string of the molecule is CC(=O)NCC(O)C(O)c1cc(F)ccc1C. The molecule has 94 valence electrons. The maximum atomic E-state index is 13.0. The Labute approximate surface area is 99.1 Å². The van der Waals surface area contributed by atoms with Crippen molar-refractivity contribution in [1.29, 1.82) is 0 Å². The Hall–Kier alpha value is -1.46. The van der Waals surface area contributed by atoms with Crippen LogP contribution in [-0.4, -0.2) is 28.8 Å². The highest BCUT2D eigenvalue weighted by Crippen LogP contribution is 2.21. The van der Waals surface area contributed by atoms with Crippen LogP contribution in [0.5, 0.6) is 0 Å². The van der Waals surface area contributed by atoms with Crippen LogP contribution in [0.4, 0.5) is 4.39 Å². The minimum absolute atomic E-state index is 0.0769. The van der Waals surface area contributed by atoms with E-state index in [4.69, 9.17) is 0 Å². The highest BCUT2D eigenvalue weighted by molar-refractivity contribution is 5.72. The Morgan fingerprint density at radius 2 is 2.12 bits per heavy atom. The van der Waals surface area contributed by atoms with Crippen molar-refractivity contribution in [3.05, 3.63) is 35.1 Å². The highest BCUT2D eigenvalue weighted by Gasteiger charge is 2.20. The Morgan fingerprint density at radius 1 is 1.47 bits per heavy atom. The first-order chi connectivity index (χ1) is 7.91. The molecule has 0 aliphatic rings. The van der Waals surface area contributed by atoms with E-state index in [0.717, 1.165) is 0 Å². The number of carbonyl (C=O) groups excluding carboxylic acids is 1. The molecule has 1 aromatic carbocycles. The quantitative estimate of drug-likeness (QED) is 0.725. The van der Waals surface area contributed by atoms with Gasteiger partial charge in [-0.15, -0.1) is 0 Å². The van der Waals surface area contributed by atoms with Crippen LogP contribution < -0.4 is 5.32 Å². The predicted octanol–water partition coefficient (Wildman–Crippen LogP) is 0.665. The molecule has 0 aliphatic heterocycles. The number of carbonyl (C=O) groups is 1. The van der Waals surface area contributed by atoms with Gasteiger partial charge in [0.2, 0.25) is 5.91 Å². The van der Waals surface area contributed by atoms with Gasteiger partial charge in [0.05, 0.1) is 0 Å². The van der Waals surface area contributed by atoms with Gasteiger partial charge in [-0.1, -0.05) is 6.07 Å². The molecule has 0 heterocycles. The second-order valence-corrected chi connectivity index (χ2v) is 3.95. The lowest BCUT2D eigenvalue weighted by Gasteiger charge is -2.20. The third-order valence-electron chi connectivity index (χ3n) is 2.48. The molecular formula is C12H16FNO3. The van der Waals surface area contributed by atoms with Crippen LogP contribution in [0.3, 0.4) is 0 Å². The van der Waals surface area contributed by atoms with Gasteiger partial charge in [0.15, 0.2) is 0 Å². The summed E-state index contributed by atoms with van der Waals surface area (Å²) in [6.07, 6.45) is -2.39. The lowest BCUT2D eigenvalue weighted by atomic mass is 9.99. The van der Waals surface area contributed by atoms with Crippen LogP contribution in [-0.2, 0) is 4.79 Å². The molecule has 0 aliphatic carbocycles. The van der Waals surface area contributed by atoms with E-state index in [1.807, 2.05) is 0 Å². The van der Waals surface area contributed by atoms with E-state index in [0.29, 0.717) is 11.1 Å². The third-order valence-corrected chi connectivity index (χ3v) is 2.48. The number of hydrogen-bond donors (Lipinski definition) is 3. The molecule has 0 radical (unpaired) electrons. The summed E-state index contributed by atoms with van der Waals surface area (Å²) in [7, 11) is 0. The van der Waals surface area contributed by atoms with Crippen LogP contribution in [0.15, 0.2) is 18.2 Å². The van der Waals surface area contributed by atoms with Gasteiger partial charge in [0.1, 0.15) is 18.0 Å². The average Bonchev–Trinajstić information content (AvgIpc) is 2.28. The Balaban J connectivity index is 2.77. The fourth-order valence-electron chi connectivity index (χ4n) is 1.50. The van der Waals surface area contributed by atoms with Crippen LogP contribution in [0.2, 0.25) is 0 Å². The molecule has 3 N–H and O–H groups in total. The number of aryl methyl sites for hydroxylation is 1. The number of hydrogen-bond acceptors (Lipinski definition) is 3. The van der Waals surface area contributed by atoms with Crippen LogP contribution in [0, 0.1) is 12.7 Å². The fourth-order valence-corrected chi connectivity index (χ4v) is 1.50. The number of nitrogens with one attached hydrogen (secondary N) is 1. The highest BCUT2D eigenvalue weighted by atomic mass is 19.1. The van der Waals surface area contributed by atoms with E-state index >= 15 is 0 Å². The van der Waals surface area contributed by atoms with Crippen molar-refractivity contribution in [1.82, 2.24) is 5.32 Å². The first kappa shape index (κ1) is 13.6. The minimum Gasteiger partial charge on any atom is -0.388 e. The van der Waals surface area contributed by atoms with Gasteiger partial charge >= 0.3 is 0 Å². The molecule has 5 heteroatoms. The Kier molecular flexibility index (Phi) is 4.60. The van der Waals surface area contributed by atoms with Gasteiger partial charge in [0.25, 0.3) is 0 Å². The standard InChI is InChI=1S/C12H16FNO3/c1-7-3-4-9(13)5-10(7)12(17)11(16)6-14-8(2)15/h3-5,11-12,16-17H,6H2,1-2H3,(H,14,15). The first-order valence-electron chi connectivity index (χ1n) is 5.28. The number of benzene rings is 1. The zero-order chi connectivity index (χ0) is 13.0. The fraction of sp³-hybridized carbons (Fsp3) is 0.417. The third kappa shape index (κ3) is 3.80. The maximum absolute atomic E-state index is 13.0. The van der Waals surface area contributed by atoms with Gasteiger partial charge in [-0.25, -0.2) is 4.39 Å². The molecule has 2 unspecified atom stereocenters. The molecule has 4 nitrogen and oxygen atoms in total. The van der Waals surface area contributed by atoms with E-state index in [9.17, 15) is 19.4 Å². The Morgan fingerprint density at radius 3 is 2.71 bits per heavy atom. The molecule has 1 rings (SSSR count). The van der Waals surface area contributed by atoms with Gasteiger partial charge < -0.3 is 15.5 Å². The van der Waals surface area contributed by atoms with Crippen LogP contribution in [0.1, 0.15) is 24.2 Å². The van der Waals surface area contributed by atoms with Crippen molar-refractivity contribution in [3.8, 4) is 0 Å². The zero-order valence-corrected chi connectivity index (χ0v) is 9.77. The smallest absolute Gasteiger partial charge is 0.216 e. The molecule has 0 saturated heterocycles. The van der Waals surface area contributed by atoms with Gasteiger partial charge in [-0.3, -0.25) is 4.79 Å². The number of aliphatic hydroxyl groups excluding tert-OH is 2. The van der Waals surface area contributed by atoms with Crippen molar-refractivity contribution >= 4 is 5.91 Å². The van der Waals surface area contributed by atoms with Gasteiger partial charge in [-0.05, 0) is 30.2 Å². The number of rotatable bonds is 4.